The number of nitrogens with zero attached hydrogens (tertiary/aromatic N) is 2. The van der Waals surface area contributed by atoms with E-state index in [2.05, 4.69) is 14.9 Å². The summed E-state index contributed by atoms with van der Waals surface area (Å²) in [6.45, 7) is 2.01. The van der Waals surface area contributed by atoms with E-state index < -0.39 is 21.8 Å². The van der Waals surface area contributed by atoms with Gasteiger partial charge in [-0.25, -0.2) is 17.6 Å². The highest BCUT2D eigenvalue weighted by Gasteiger charge is 2.19. The van der Waals surface area contributed by atoms with E-state index >= 15 is 0 Å². The molecule has 0 unspecified atom stereocenters. The highest BCUT2D eigenvalue weighted by atomic mass is 32.2. The number of aromatic nitrogens is 2. The molecule has 0 aliphatic carbocycles. The summed E-state index contributed by atoms with van der Waals surface area (Å²) in [4.78, 5) is 16.6. The monoisotopic (exact) mass is 497 g/mol. The predicted molar refractivity (Wildman–Crippen MR) is 124 cm³/mol. The first kappa shape index (κ1) is 23.9. The third kappa shape index (κ3) is 5.82. The summed E-state index contributed by atoms with van der Waals surface area (Å²) in [5, 5.41) is 3.90. The molecule has 0 atom stereocenters. The number of sulfonamides is 1. The van der Waals surface area contributed by atoms with Gasteiger partial charge in [0.1, 0.15) is 11.6 Å². The zero-order valence-electron chi connectivity index (χ0n) is 18.5. The Morgan fingerprint density at radius 3 is 2.60 bits per heavy atom. The molecule has 0 aliphatic heterocycles. The fourth-order valence-electron chi connectivity index (χ4n) is 3.09. The van der Waals surface area contributed by atoms with Gasteiger partial charge in [-0.3, -0.25) is 4.72 Å². The Balaban J connectivity index is 1.43. The Morgan fingerprint density at radius 1 is 1.06 bits per heavy atom. The number of anilines is 1. The van der Waals surface area contributed by atoms with E-state index in [9.17, 15) is 17.6 Å². The first-order chi connectivity index (χ1) is 16.9. The number of ether oxygens (including phenoxy) is 2. The summed E-state index contributed by atoms with van der Waals surface area (Å²) in [6, 6.07) is 17.3. The molecule has 35 heavy (non-hydrogen) atoms. The van der Waals surface area contributed by atoms with Crippen LogP contribution in [-0.4, -0.2) is 31.1 Å². The van der Waals surface area contributed by atoms with E-state index in [-0.39, 0.29) is 34.5 Å². The molecule has 4 aromatic rings. The van der Waals surface area contributed by atoms with Crippen LogP contribution in [-0.2, 0) is 21.4 Å². The SMILES string of the molecule is CCOc1ccccc1-c1noc(COC(=O)c2cccc(S(=O)(=O)Nc3ccc(F)cc3)c2)n1. The summed E-state index contributed by atoms with van der Waals surface area (Å²) in [5.41, 5.74) is 0.813. The van der Waals surface area contributed by atoms with Crippen LogP contribution in [0.2, 0.25) is 0 Å². The van der Waals surface area contributed by atoms with E-state index in [0.717, 1.165) is 12.1 Å². The minimum Gasteiger partial charge on any atom is -0.493 e. The zero-order valence-corrected chi connectivity index (χ0v) is 19.3. The largest absolute Gasteiger partial charge is 0.493 e. The van der Waals surface area contributed by atoms with Crippen LogP contribution in [0.1, 0.15) is 23.2 Å². The van der Waals surface area contributed by atoms with Gasteiger partial charge in [-0.15, -0.1) is 0 Å². The maximum atomic E-state index is 13.1. The van der Waals surface area contributed by atoms with Gasteiger partial charge in [-0.1, -0.05) is 23.4 Å². The number of nitrogens with one attached hydrogen (secondary N) is 1. The van der Waals surface area contributed by atoms with Crippen molar-refractivity contribution in [3.63, 3.8) is 0 Å². The van der Waals surface area contributed by atoms with Crippen LogP contribution < -0.4 is 9.46 Å². The Kier molecular flexibility index (Phi) is 7.06. The molecule has 0 fully saturated rings. The summed E-state index contributed by atoms with van der Waals surface area (Å²) in [6.07, 6.45) is 0. The molecule has 0 aliphatic rings. The van der Waals surface area contributed by atoms with Crippen LogP contribution in [0.3, 0.4) is 0 Å². The number of hydrogen-bond donors (Lipinski definition) is 1. The topological polar surface area (TPSA) is 121 Å². The lowest BCUT2D eigenvalue weighted by atomic mass is 10.2. The van der Waals surface area contributed by atoms with Crippen molar-refractivity contribution in [3.05, 3.63) is 90.1 Å². The van der Waals surface area contributed by atoms with Gasteiger partial charge < -0.3 is 14.0 Å². The van der Waals surface area contributed by atoms with Crippen LogP contribution in [0.25, 0.3) is 11.4 Å². The van der Waals surface area contributed by atoms with Gasteiger partial charge in [0.15, 0.2) is 6.61 Å². The van der Waals surface area contributed by atoms with Crippen molar-refractivity contribution in [2.75, 3.05) is 11.3 Å². The lowest BCUT2D eigenvalue weighted by Gasteiger charge is -2.09. The minimum atomic E-state index is -4.02. The van der Waals surface area contributed by atoms with Crippen molar-refractivity contribution in [2.24, 2.45) is 0 Å². The molecule has 180 valence electrons. The maximum Gasteiger partial charge on any atom is 0.338 e. The first-order valence-electron chi connectivity index (χ1n) is 10.5. The van der Waals surface area contributed by atoms with Gasteiger partial charge in [-0.05, 0) is 61.5 Å². The lowest BCUT2D eigenvalue weighted by Crippen LogP contribution is -2.14. The third-order valence-corrected chi connectivity index (χ3v) is 6.08. The van der Waals surface area contributed by atoms with E-state index in [4.69, 9.17) is 14.0 Å². The molecular formula is C24H20FN3O6S. The fourth-order valence-corrected chi connectivity index (χ4v) is 4.19. The Hall–Kier alpha value is -4.25. The maximum absolute atomic E-state index is 13.1. The summed E-state index contributed by atoms with van der Waals surface area (Å²) in [5.74, 6) is -0.351. The molecule has 9 nitrogen and oxygen atoms in total. The molecule has 0 amide bonds. The van der Waals surface area contributed by atoms with E-state index in [1.54, 1.807) is 18.2 Å². The number of carbonyl (C=O) groups excluding carboxylic acids is 1. The lowest BCUT2D eigenvalue weighted by molar-refractivity contribution is 0.0429. The van der Waals surface area contributed by atoms with Crippen molar-refractivity contribution in [1.82, 2.24) is 10.1 Å². The molecule has 0 radical (unpaired) electrons. The number of para-hydroxylation sites is 1. The molecule has 1 heterocycles. The minimum absolute atomic E-state index is 0.00779. The standard InChI is InChI=1S/C24H20FN3O6S/c1-2-32-21-9-4-3-8-20(21)23-26-22(34-27-23)15-33-24(29)16-6-5-7-19(14-16)35(30,31)28-18-12-10-17(25)11-13-18/h3-14,28H,2,15H2,1H3. The molecule has 4 rings (SSSR count). The Labute approximate surface area is 200 Å². The molecule has 0 bridgehead atoms. The van der Waals surface area contributed by atoms with Crippen molar-refractivity contribution < 1.29 is 31.6 Å². The van der Waals surface area contributed by atoms with Crippen LogP contribution in [0.5, 0.6) is 5.75 Å². The second-order valence-electron chi connectivity index (χ2n) is 7.16. The normalized spacial score (nSPS) is 11.1. The van der Waals surface area contributed by atoms with Gasteiger partial charge in [0.25, 0.3) is 15.9 Å². The van der Waals surface area contributed by atoms with Gasteiger partial charge >= 0.3 is 5.97 Å². The number of benzene rings is 3. The number of halogens is 1. The highest BCUT2D eigenvalue weighted by Crippen LogP contribution is 2.27. The number of rotatable bonds is 9. The second-order valence-corrected chi connectivity index (χ2v) is 8.84. The fraction of sp³-hybridized carbons (Fsp3) is 0.125. The molecule has 0 saturated carbocycles. The van der Waals surface area contributed by atoms with Gasteiger partial charge in [0, 0.05) is 5.69 Å². The van der Waals surface area contributed by atoms with E-state index in [0.29, 0.717) is 17.9 Å². The molecule has 1 aromatic heterocycles. The smallest absolute Gasteiger partial charge is 0.338 e. The molecule has 0 saturated heterocycles. The van der Waals surface area contributed by atoms with Crippen molar-refractivity contribution >= 4 is 21.7 Å². The van der Waals surface area contributed by atoms with Gasteiger partial charge in [-0.2, -0.15) is 4.98 Å². The zero-order chi connectivity index (χ0) is 24.8. The average Bonchev–Trinajstić information content (AvgIpc) is 3.33. The molecular weight excluding hydrogens is 477 g/mol. The third-order valence-electron chi connectivity index (χ3n) is 4.70. The van der Waals surface area contributed by atoms with Gasteiger partial charge in [0.2, 0.25) is 5.82 Å². The van der Waals surface area contributed by atoms with E-state index in [1.807, 2.05) is 13.0 Å². The van der Waals surface area contributed by atoms with E-state index in [1.165, 1.54) is 36.4 Å². The number of esters is 1. The van der Waals surface area contributed by atoms with Crippen molar-refractivity contribution in [2.45, 2.75) is 18.4 Å². The summed E-state index contributed by atoms with van der Waals surface area (Å²) >= 11 is 0. The number of carbonyl (C=O) groups is 1. The van der Waals surface area contributed by atoms with Crippen molar-refractivity contribution in [1.29, 1.82) is 0 Å². The molecule has 11 heteroatoms. The quantitative estimate of drug-likeness (QED) is 0.337. The average molecular weight is 498 g/mol. The summed E-state index contributed by atoms with van der Waals surface area (Å²) < 4.78 is 56.6. The summed E-state index contributed by atoms with van der Waals surface area (Å²) in [7, 11) is -4.02. The highest BCUT2D eigenvalue weighted by molar-refractivity contribution is 7.92. The molecule has 0 spiro atoms. The molecule has 1 N–H and O–H groups in total. The Morgan fingerprint density at radius 2 is 1.83 bits per heavy atom. The van der Waals surface area contributed by atoms with Crippen LogP contribution >= 0.6 is 0 Å². The van der Waals surface area contributed by atoms with Crippen LogP contribution in [0.15, 0.2) is 82.2 Å². The van der Waals surface area contributed by atoms with Crippen LogP contribution in [0, 0.1) is 5.82 Å². The second kappa shape index (κ2) is 10.3. The predicted octanol–water partition coefficient (Wildman–Crippen LogP) is 4.43. The first-order valence-corrected chi connectivity index (χ1v) is 11.9. The molecule has 3 aromatic carbocycles. The number of hydrogen-bond acceptors (Lipinski definition) is 8. The Bertz CT molecular complexity index is 1440. The van der Waals surface area contributed by atoms with Crippen molar-refractivity contribution in [3.8, 4) is 17.1 Å². The van der Waals surface area contributed by atoms with Gasteiger partial charge in [0.05, 0.1) is 22.6 Å². The van der Waals surface area contributed by atoms with Crippen LogP contribution in [0.4, 0.5) is 10.1 Å².